The summed E-state index contributed by atoms with van der Waals surface area (Å²) >= 11 is 6.02. The number of thiazole rings is 1. The minimum absolute atomic E-state index is 0.316. The summed E-state index contributed by atoms with van der Waals surface area (Å²) in [4.78, 5) is 15.3. The minimum Gasteiger partial charge on any atom is -0.377 e. The lowest BCUT2D eigenvalue weighted by molar-refractivity contribution is -0.144. The van der Waals surface area contributed by atoms with Gasteiger partial charge in [0.05, 0.1) is 5.88 Å². The molecule has 0 aliphatic rings. The van der Waals surface area contributed by atoms with Crippen LogP contribution in [0, 0.1) is 11.6 Å². The van der Waals surface area contributed by atoms with Gasteiger partial charge in [-0.2, -0.15) is 8.78 Å². The predicted molar refractivity (Wildman–Crippen MR) is 72.4 cm³/mol. The molecule has 0 aliphatic heterocycles. The van der Waals surface area contributed by atoms with Crippen LogP contribution < -0.4 is 0 Å². The molecule has 1 unspecified atom stereocenters. The molecule has 2 aromatic rings. The summed E-state index contributed by atoms with van der Waals surface area (Å²) in [6.45, 7) is 0. The normalized spacial score (nSPS) is 14.6. The number of halogens is 5. The lowest BCUT2D eigenvalue weighted by Gasteiger charge is -2.33. The van der Waals surface area contributed by atoms with Gasteiger partial charge in [-0.3, -0.25) is 4.79 Å². The Bertz CT molecular complexity index is 695. The zero-order valence-corrected chi connectivity index (χ0v) is 12.3. The van der Waals surface area contributed by atoms with Crippen molar-refractivity contribution in [3.63, 3.8) is 0 Å². The monoisotopic (exact) mass is 353 g/mol. The van der Waals surface area contributed by atoms with Crippen LogP contribution in [0.15, 0.2) is 29.8 Å². The molecular weight excluding hydrogens is 346 g/mol. The van der Waals surface area contributed by atoms with Crippen molar-refractivity contribution in [1.29, 1.82) is 0 Å². The van der Waals surface area contributed by atoms with E-state index in [0.717, 1.165) is 6.20 Å². The first-order valence-electron chi connectivity index (χ1n) is 5.80. The highest BCUT2D eigenvalue weighted by atomic mass is 35.5. The molecular formula is C13H8ClF4NO2S. The van der Waals surface area contributed by atoms with Crippen LogP contribution in [0.25, 0.3) is 0 Å². The van der Waals surface area contributed by atoms with Gasteiger partial charge in [0.1, 0.15) is 11.6 Å². The zero-order chi connectivity index (χ0) is 16.5. The molecule has 0 saturated carbocycles. The fourth-order valence-corrected chi connectivity index (χ4v) is 2.73. The maximum Gasteiger partial charge on any atom is 0.345 e. The van der Waals surface area contributed by atoms with Crippen LogP contribution in [0.2, 0.25) is 0 Å². The number of hydrogen-bond acceptors (Lipinski definition) is 4. The zero-order valence-electron chi connectivity index (χ0n) is 10.7. The van der Waals surface area contributed by atoms with Crippen LogP contribution in [0.5, 0.6) is 0 Å². The van der Waals surface area contributed by atoms with Gasteiger partial charge in [0.2, 0.25) is 0 Å². The van der Waals surface area contributed by atoms with E-state index in [1.807, 2.05) is 0 Å². The number of Topliss-reactive ketones (excluding diaryl/α,β-unsaturated/α-hetero) is 1. The predicted octanol–water partition coefficient (Wildman–Crippen LogP) is 3.37. The third-order valence-electron chi connectivity index (χ3n) is 3.00. The quantitative estimate of drug-likeness (QED) is 0.509. The molecule has 1 aromatic heterocycles. The van der Waals surface area contributed by atoms with Gasteiger partial charge in [0.15, 0.2) is 10.6 Å². The molecule has 0 amide bonds. The number of hydrogen-bond donors (Lipinski definition) is 1. The lowest BCUT2D eigenvalue weighted by atomic mass is 9.86. The van der Waals surface area contributed by atoms with Gasteiger partial charge in [0, 0.05) is 23.2 Å². The van der Waals surface area contributed by atoms with Crippen molar-refractivity contribution in [3.8, 4) is 0 Å². The molecule has 3 nitrogen and oxygen atoms in total. The Labute approximate surface area is 131 Å². The highest BCUT2D eigenvalue weighted by Crippen LogP contribution is 2.42. The number of ketones is 1. The highest BCUT2D eigenvalue weighted by Gasteiger charge is 2.60. The Morgan fingerprint density at radius 2 is 2.05 bits per heavy atom. The number of carbonyl (C=O) groups is 1. The second-order valence-electron chi connectivity index (χ2n) is 4.36. The van der Waals surface area contributed by atoms with Gasteiger partial charge in [-0.15, -0.1) is 22.9 Å². The molecule has 0 spiro atoms. The second kappa shape index (κ2) is 5.94. The third kappa shape index (κ3) is 2.62. The first-order chi connectivity index (χ1) is 10.2. The van der Waals surface area contributed by atoms with Crippen molar-refractivity contribution in [2.24, 2.45) is 0 Å². The smallest absolute Gasteiger partial charge is 0.345 e. The van der Waals surface area contributed by atoms with Crippen molar-refractivity contribution < 1.29 is 27.5 Å². The van der Waals surface area contributed by atoms with E-state index < -0.39 is 45.4 Å². The van der Waals surface area contributed by atoms with Crippen molar-refractivity contribution in [2.75, 3.05) is 5.88 Å². The van der Waals surface area contributed by atoms with E-state index in [0.29, 0.717) is 29.5 Å². The third-order valence-corrected chi connectivity index (χ3v) is 4.16. The topological polar surface area (TPSA) is 50.2 Å². The number of carbonyl (C=O) groups excluding carboxylic acids is 1. The van der Waals surface area contributed by atoms with Gasteiger partial charge in [0.25, 0.3) is 5.78 Å². The highest BCUT2D eigenvalue weighted by molar-refractivity contribution is 7.11. The summed E-state index contributed by atoms with van der Waals surface area (Å²) in [5.41, 5.74) is -4.31. The number of benzene rings is 1. The SMILES string of the molecule is O=C(c1nccs1)C(F)(F)C(O)(CCl)c1ccc(F)cc1F. The molecule has 0 aliphatic carbocycles. The van der Waals surface area contributed by atoms with E-state index in [-0.39, 0.29) is 0 Å². The van der Waals surface area contributed by atoms with Crippen LogP contribution in [-0.4, -0.2) is 27.7 Å². The number of nitrogens with zero attached hydrogens (tertiary/aromatic N) is 1. The van der Waals surface area contributed by atoms with Gasteiger partial charge >= 0.3 is 5.92 Å². The molecule has 0 saturated heterocycles. The van der Waals surface area contributed by atoms with E-state index in [1.165, 1.54) is 5.38 Å². The van der Waals surface area contributed by atoms with Gasteiger partial charge < -0.3 is 5.11 Å². The van der Waals surface area contributed by atoms with E-state index in [9.17, 15) is 27.5 Å². The Morgan fingerprint density at radius 1 is 1.36 bits per heavy atom. The summed E-state index contributed by atoms with van der Waals surface area (Å²) in [5.74, 6) is -9.89. The summed E-state index contributed by atoms with van der Waals surface area (Å²) < 4.78 is 55.5. The molecule has 1 N–H and O–H groups in total. The maximum absolute atomic E-state index is 14.4. The van der Waals surface area contributed by atoms with E-state index in [4.69, 9.17) is 11.6 Å². The molecule has 9 heteroatoms. The summed E-state index contributed by atoms with van der Waals surface area (Å²) in [6, 6.07) is 1.62. The van der Waals surface area contributed by atoms with E-state index in [2.05, 4.69) is 4.98 Å². The molecule has 0 bridgehead atoms. The number of alkyl halides is 3. The van der Waals surface area contributed by atoms with Crippen LogP contribution in [0.3, 0.4) is 0 Å². The van der Waals surface area contributed by atoms with E-state index >= 15 is 0 Å². The standard InChI is InChI=1S/C13H8ClF4NO2S/c14-6-12(21,8-2-1-7(15)5-9(8)16)13(17,18)10(20)11-19-3-4-22-11/h1-5,21H,6H2. The molecule has 118 valence electrons. The van der Waals surface area contributed by atoms with Crippen LogP contribution >= 0.6 is 22.9 Å². The van der Waals surface area contributed by atoms with Crippen molar-refractivity contribution in [2.45, 2.75) is 11.5 Å². The average Bonchev–Trinajstić information content (AvgIpc) is 2.99. The average molecular weight is 354 g/mol. The fraction of sp³-hybridized carbons (Fsp3) is 0.231. The second-order valence-corrected chi connectivity index (χ2v) is 5.52. The Balaban J connectivity index is 2.54. The lowest BCUT2D eigenvalue weighted by Crippen LogP contribution is -2.52. The summed E-state index contributed by atoms with van der Waals surface area (Å²) in [7, 11) is 0. The fourth-order valence-electron chi connectivity index (χ4n) is 1.81. The number of aromatic nitrogens is 1. The first-order valence-corrected chi connectivity index (χ1v) is 7.21. The van der Waals surface area contributed by atoms with Crippen LogP contribution in [-0.2, 0) is 5.60 Å². The molecule has 22 heavy (non-hydrogen) atoms. The van der Waals surface area contributed by atoms with Crippen LogP contribution in [0.1, 0.15) is 15.4 Å². The minimum atomic E-state index is -4.45. The maximum atomic E-state index is 14.4. The Hall–Kier alpha value is -1.51. The Morgan fingerprint density at radius 3 is 2.55 bits per heavy atom. The molecule has 2 rings (SSSR count). The first kappa shape index (κ1) is 16.9. The summed E-state index contributed by atoms with van der Waals surface area (Å²) in [6.07, 6.45) is 1.13. The largest absolute Gasteiger partial charge is 0.377 e. The molecule has 0 fully saturated rings. The van der Waals surface area contributed by atoms with Crippen molar-refractivity contribution in [1.82, 2.24) is 4.98 Å². The van der Waals surface area contributed by atoms with Gasteiger partial charge in [-0.05, 0) is 6.07 Å². The number of aliphatic hydroxyl groups is 1. The van der Waals surface area contributed by atoms with Crippen molar-refractivity contribution >= 4 is 28.7 Å². The Kier molecular flexibility index (Phi) is 4.55. The molecule has 1 heterocycles. The van der Waals surface area contributed by atoms with Crippen LogP contribution in [0.4, 0.5) is 17.6 Å². The molecule has 1 atom stereocenters. The van der Waals surface area contributed by atoms with Gasteiger partial charge in [-0.25, -0.2) is 13.8 Å². The number of rotatable bonds is 5. The molecule has 1 aromatic carbocycles. The van der Waals surface area contributed by atoms with Gasteiger partial charge in [-0.1, -0.05) is 6.07 Å². The molecule has 0 radical (unpaired) electrons. The summed E-state index contributed by atoms with van der Waals surface area (Å²) in [5, 5.41) is 10.9. The van der Waals surface area contributed by atoms with E-state index in [1.54, 1.807) is 0 Å². The van der Waals surface area contributed by atoms with Crippen molar-refractivity contribution in [3.05, 3.63) is 52.0 Å².